The van der Waals surface area contributed by atoms with Gasteiger partial charge in [0.25, 0.3) is 0 Å². The van der Waals surface area contributed by atoms with Crippen molar-refractivity contribution >= 4 is 23.3 Å². The van der Waals surface area contributed by atoms with Crippen LogP contribution < -0.4 is 5.32 Å². The zero-order chi connectivity index (χ0) is 16.3. The van der Waals surface area contributed by atoms with Crippen LogP contribution in [0.25, 0.3) is 0 Å². The minimum Gasteiger partial charge on any atom is -0.481 e. The summed E-state index contributed by atoms with van der Waals surface area (Å²) >= 11 is 0. The van der Waals surface area contributed by atoms with Gasteiger partial charge in [0.1, 0.15) is 0 Å². The second kappa shape index (κ2) is 6.33. The number of carboxylic acids is 1. The molecular formula is C14H13FN2O5. The predicted octanol–water partition coefficient (Wildman–Crippen LogP) is 2.34. The number of halogens is 1. The van der Waals surface area contributed by atoms with Gasteiger partial charge in [-0.15, -0.1) is 0 Å². The highest BCUT2D eigenvalue weighted by Crippen LogP contribution is 2.28. The largest absolute Gasteiger partial charge is 0.481 e. The molecule has 1 amide bonds. The second-order valence-corrected chi connectivity index (χ2v) is 4.91. The monoisotopic (exact) mass is 308 g/mol. The number of nitro groups is 1. The number of allylic oxidation sites excluding steroid dienone is 2. The van der Waals surface area contributed by atoms with E-state index >= 15 is 0 Å². The Bertz CT molecular complexity index is 659. The van der Waals surface area contributed by atoms with Gasteiger partial charge in [0.2, 0.25) is 11.7 Å². The van der Waals surface area contributed by atoms with Crippen LogP contribution in [0, 0.1) is 27.8 Å². The Kier molecular flexibility index (Phi) is 4.50. The molecule has 1 aromatic rings. The molecule has 0 aliphatic heterocycles. The molecular weight excluding hydrogens is 295 g/mol. The standard InChI is InChI=1S/C14H13FN2O5/c15-11-6-5-8(7-12(11)17(21)22)16-13(18)9-3-1-2-4-10(9)14(19)20/h1-2,5-7,9-10H,3-4H2,(H,16,18)(H,19,20)/t9-,10+/m0/s1. The highest BCUT2D eigenvalue weighted by atomic mass is 19.1. The third-order valence-electron chi connectivity index (χ3n) is 3.50. The summed E-state index contributed by atoms with van der Waals surface area (Å²) in [5.74, 6) is -4.26. The molecule has 0 heterocycles. The van der Waals surface area contributed by atoms with Gasteiger partial charge in [0.05, 0.1) is 16.8 Å². The van der Waals surface area contributed by atoms with Crippen LogP contribution in [0.1, 0.15) is 12.8 Å². The zero-order valence-corrected chi connectivity index (χ0v) is 11.4. The van der Waals surface area contributed by atoms with Crippen molar-refractivity contribution in [3.05, 3.63) is 46.3 Å². The molecule has 2 N–H and O–H groups in total. The molecule has 22 heavy (non-hydrogen) atoms. The number of anilines is 1. The lowest BCUT2D eigenvalue weighted by Gasteiger charge is -2.24. The van der Waals surface area contributed by atoms with E-state index in [1.54, 1.807) is 12.2 Å². The van der Waals surface area contributed by atoms with E-state index in [1.807, 2.05) is 0 Å². The second-order valence-electron chi connectivity index (χ2n) is 4.91. The molecule has 2 atom stereocenters. The van der Waals surface area contributed by atoms with E-state index in [0.717, 1.165) is 12.1 Å². The maximum atomic E-state index is 13.2. The molecule has 1 aliphatic rings. The molecule has 116 valence electrons. The fourth-order valence-electron chi connectivity index (χ4n) is 2.34. The van der Waals surface area contributed by atoms with Crippen LogP contribution in [0.5, 0.6) is 0 Å². The van der Waals surface area contributed by atoms with Gasteiger partial charge in [-0.25, -0.2) is 0 Å². The summed E-state index contributed by atoms with van der Waals surface area (Å²) in [6.45, 7) is 0. The average molecular weight is 308 g/mol. The summed E-state index contributed by atoms with van der Waals surface area (Å²) in [6.07, 6.45) is 3.94. The number of nitro benzene ring substituents is 1. The van der Waals surface area contributed by atoms with E-state index in [9.17, 15) is 24.1 Å². The van der Waals surface area contributed by atoms with Crippen molar-refractivity contribution in [2.24, 2.45) is 11.8 Å². The topological polar surface area (TPSA) is 110 Å². The zero-order valence-electron chi connectivity index (χ0n) is 11.4. The minimum absolute atomic E-state index is 0.0526. The SMILES string of the molecule is O=C(Nc1ccc(F)c([N+](=O)[O-])c1)[C@H]1CC=CC[C@H]1C(=O)O. The quantitative estimate of drug-likeness (QED) is 0.504. The van der Waals surface area contributed by atoms with Crippen LogP contribution in [-0.2, 0) is 9.59 Å². The highest BCUT2D eigenvalue weighted by molar-refractivity contribution is 5.95. The Morgan fingerprint density at radius 3 is 2.50 bits per heavy atom. The van der Waals surface area contributed by atoms with Crippen molar-refractivity contribution in [3.8, 4) is 0 Å². The summed E-state index contributed by atoms with van der Waals surface area (Å²) in [7, 11) is 0. The first-order chi connectivity index (χ1) is 10.4. The number of hydrogen-bond acceptors (Lipinski definition) is 4. The molecule has 0 saturated carbocycles. The number of aliphatic carboxylic acids is 1. The Labute approximate surface area is 124 Å². The molecule has 0 saturated heterocycles. The summed E-state index contributed by atoms with van der Waals surface area (Å²) in [4.78, 5) is 33.1. The first-order valence-electron chi connectivity index (χ1n) is 6.52. The van der Waals surface area contributed by atoms with E-state index in [-0.39, 0.29) is 18.5 Å². The van der Waals surface area contributed by atoms with Crippen LogP contribution in [0.4, 0.5) is 15.8 Å². The van der Waals surface area contributed by atoms with E-state index in [2.05, 4.69) is 5.32 Å². The van der Waals surface area contributed by atoms with E-state index in [1.165, 1.54) is 6.07 Å². The first-order valence-corrected chi connectivity index (χ1v) is 6.52. The van der Waals surface area contributed by atoms with Gasteiger partial charge in [-0.05, 0) is 25.0 Å². The minimum atomic E-state index is -1.07. The average Bonchev–Trinajstić information content (AvgIpc) is 2.48. The van der Waals surface area contributed by atoms with Gasteiger partial charge in [0.15, 0.2) is 0 Å². The molecule has 1 aromatic carbocycles. The molecule has 7 nitrogen and oxygen atoms in total. The molecule has 1 aliphatic carbocycles. The number of amides is 1. The predicted molar refractivity (Wildman–Crippen MR) is 74.7 cm³/mol. The number of nitrogens with zero attached hydrogens (tertiary/aromatic N) is 1. The number of benzene rings is 1. The molecule has 0 bridgehead atoms. The molecule has 8 heteroatoms. The highest BCUT2D eigenvalue weighted by Gasteiger charge is 2.34. The Morgan fingerprint density at radius 2 is 1.91 bits per heavy atom. The maximum Gasteiger partial charge on any atom is 0.307 e. The fourth-order valence-corrected chi connectivity index (χ4v) is 2.34. The first kappa shape index (κ1) is 15.6. The molecule has 0 unspecified atom stereocenters. The normalized spacial score (nSPS) is 20.4. The Hall–Kier alpha value is -2.77. The summed E-state index contributed by atoms with van der Waals surface area (Å²) in [5, 5.41) is 22.2. The van der Waals surface area contributed by atoms with Gasteiger partial charge in [-0.3, -0.25) is 19.7 Å². The molecule has 0 aromatic heterocycles. The maximum absolute atomic E-state index is 13.2. The fraction of sp³-hybridized carbons (Fsp3) is 0.286. The number of rotatable bonds is 4. The lowest BCUT2D eigenvalue weighted by Crippen LogP contribution is -2.34. The number of carbonyl (C=O) groups excluding carboxylic acids is 1. The van der Waals surface area contributed by atoms with Gasteiger partial charge < -0.3 is 10.4 Å². The number of hydrogen-bond donors (Lipinski definition) is 2. The Balaban J connectivity index is 2.18. The number of carbonyl (C=O) groups is 2. The molecule has 0 radical (unpaired) electrons. The van der Waals surface area contributed by atoms with E-state index in [4.69, 9.17) is 5.11 Å². The van der Waals surface area contributed by atoms with E-state index in [0.29, 0.717) is 0 Å². The third-order valence-corrected chi connectivity index (χ3v) is 3.50. The van der Waals surface area contributed by atoms with Crippen LogP contribution in [0.3, 0.4) is 0 Å². The van der Waals surface area contributed by atoms with Crippen LogP contribution >= 0.6 is 0 Å². The third kappa shape index (κ3) is 3.27. The van der Waals surface area contributed by atoms with Gasteiger partial charge >= 0.3 is 11.7 Å². The molecule has 0 spiro atoms. The van der Waals surface area contributed by atoms with Crippen molar-refractivity contribution < 1.29 is 24.0 Å². The molecule has 0 fully saturated rings. The van der Waals surface area contributed by atoms with Crippen molar-refractivity contribution in [2.75, 3.05) is 5.32 Å². The van der Waals surface area contributed by atoms with Crippen LogP contribution in [0.15, 0.2) is 30.4 Å². The van der Waals surface area contributed by atoms with E-state index < -0.39 is 40.1 Å². The van der Waals surface area contributed by atoms with Crippen LogP contribution in [-0.4, -0.2) is 21.9 Å². The molecule has 2 rings (SSSR count). The summed E-state index contributed by atoms with van der Waals surface area (Å²) in [6, 6.07) is 2.97. The van der Waals surface area contributed by atoms with Gasteiger partial charge in [-0.1, -0.05) is 12.2 Å². The lowest BCUT2D eigenvalue weighted by molar-refractivity contribution is -0.387. The lowest BCUT2D eigenvalue weighted by atomic mass is 9.82. The Morgan fingerprint density at radius 1 is 1.27 bits per heavy atom. The number of nitrogens with one attached hydrogen (secondary N) is 1. The van der Waals surface area contributed by atoms with Gasteiger partial charge in [0, 0.05) is 11.8 Å². The summed E-state index contributed by atoms with van der Waals surface area (Å²) < 4.78 is 13.2. The van der Waals surface area contributed by atoms with Crippen molar-refractivity contribution in [2.45, 2.75) is 12.8 Å². The summed E-state index contributed by atoms with van der Waals surface area (Å²) in [5.41, 5.74) is -0.701. The van der Waals surface area contributed by atoms with Gasteiger partial charge in [-0.2, -0.15) is 4.39 Å². The van der Waals surface area contributed by atoms with Crippen molar-refractivity contribution in [1.82, 2.24) is 0 Å². The smallest absolute Gasteiger partial charge is 0.307 e. The van der Waals surface area contributed by atoms with Crippen molar-refractivity contribution in [3.63, 3.8) is 0 Å². The van der Waals surface area contributed by atoms with Crippen LogP contribution in [0.2, 0.25) is 0 Å². The van der Waals surface area contributed by atoms with Crippen molar-refractivity contribution in [1.29, 1.82) is 0 Å². The number of carboxylic acid groups (broad SMARTS) is 1.